The monoisotopic (exact) mass is 485 g/mol. The number of hydrogen-bond donors (Lipinski definition) is 2. The molecular weight excluding hydrogens is 463 g/mol. The molecule has 0 spiro atoms. The number of alkyl halides is 3. The van der Waals surface area contributed by atoms with E-state index < -0.39 is 30.6 Å². The molecule has 0 saturated heterocycles. The standard InChI is InChI=1S/C22H23ClF3N3O4/c1-12(27-21(31)20-11-18(30)17-8-13(23)3-5-19(17)32-20)2-4-14-6-7-29(28-14)15-9-16(10-15)33-22(24,25)26/h3,5-8,15-16,18,20,30H,1-2,4,9-11H2,(H,27,31)/t15?,16?,18-,20-/m1/s1. The minimum atomic E-state index is -4.62. The van der Waals surface area contributed by atoms with E-state index in [-0.39, 0.29) is 25.3 Å². The summed E-state index contributed by atoms with van der Waals surface area (Å²) in [6.07, 6.45) is -3.93. The van der Waals surface area contributed by atoms with Gasteiger partial charge in [-0.2, -0.15) is 5.10 Å². The zero-order valence-corrected chi connectivity index (χ0v) is 18.3. The number of ether oxygens (including phenoxy) is 2. The molecule has 1 saturated carbocycles. The summed E-state index contributed by atoms with van der Waals surface area (Å²) in [4.78, 5) is 12.6. The quantitative estimate of drug-likeness (QED) is 0.613. The number of carbonyl (C=O) groups is 1. The Hall–Kier alpha value is -2.56. The zero-order valence-electron chi connectivity index (χ0n) is 17.5. The van der Waals surface area contributed by atoms with Crippen molar-refractivity contribution in [1.82, 2.24) is 15.1 Å². The summed E-state index contributed by atoms with van der Waals surface area (Å²) in [7, 11) is 0. The molecule has 2 heterocycles. The maximum atomic E-state index is 12.6. The number of nitrogens with zero attached hydrogens (tertiary/aromatic N) is 2. The Labute approximate surface area is 193 Å². The Bertz CT molecular complexity index is 1040. The molecule has 0 radical (unpaired) electrons. The molecule has 2 aliphatic rings. The second-order valence-corrected chi connectivity index (χ2v) is 8.67. The van der Waals surface area contributed by atoms with Crippen molar-refractivity contribution in [2.24, 2.45) is 0 Å². The molecule has 1 aliphatic carbocycles. The maximum absolute atomic E-state index is 12.6. The van der Waals surface area contributed by atoms with Crippen molar-refractivity contribution in [3.05, 3.63) is 59.0 Å². The van der Waals surface area contributed by atoms with Crippen LogP contribution in [0.25, 0.3) is 0 Å². The van der Waals surface area contributed by atoms with E-state index in [1.165, 1.54) is 0 Å². The highest BCUT2D eigenvalue weighted by molar-refractivity contribution is 6.30. The summed E-state index contributed by atoms with van der Waals surface area (Å²) in [5, 5.41) is 17.9. The highest BCUT2D eigenvalue weighted by atomic mass is 35.5. The van der Waals surface area contributed by atoms with Crippen molar-refractivity contribution < 1.29 is 32.5 Å². The van der Waals surface area contributed by atoms with Crippen LogP contribution in [0.1, 0.15) is 49.1 Å². The number of amides is 1. The first-order valence-electron chi connectivity index (χ1n) is 10.5. The Morgan fingerprint density at radius 2 is 2.09 bits per heavy atom. The molecule has 1 aromatic heterocycles. The molecule has 2 atom stereocenters. The van der Waals surface area contributed by atoms with Gasteiger partial charge >= 0.3 is 6.36 Å². The number of fused-ring (bicyclic) bond motifs is 1. The van der Waals surface area contributed by atoms with Gasteiger partial charge in [-0.05, 0) is 49.9 Å². The molecule has 1 aromatic carbocycles. The van der Waals surface area contributed by atoms with E-state index in [1.54, 1.807) is 35.1 Å². The molecule has 7 nitrogen and oxygen atoms in total. The van der Waals surface area contributed by atoms with Crippen LogP contribution in [0, 0.1) is 0 Å². The van der Waals surface area contributed by atoms with Gasteiger partial charge < -0.3 is 15.2 Å². The number of nitrogens with one attached hydrogen (secondary N) is 1. The number of aromatic nitrogens is 2. The second-order valence-electron chi connectivity index (χ2n) is 8.23. The van der Waals surface area contributed by atoms with Gasteiger partial charge in [-0.1, -0.05) is 18.2 Å². The van der Waals surface area contributed by atoms with Crippen molar-refractivity contribution in [3.8, 4) is 5.75 Å². The third-order valence-electron chi connectivity index (χ3n) is 5.72. The summed E-state index contributed by atoms with van der Waals surface area (Å²) in [6.45, 7) is 3.87. The van der Waals surface area contributed by atoms with Crippen molar-refractivity contribution in [2.75, 3.05) is 0 Å². The predicted molar refractivity (Wildman–Crippen MR) is 112 cm³/mol. The zero-order chi connectivity index (χ0) is 23.8. The topological polar surface area (TPSA) is 85.6 Å². The fourth-order valence-electron chi connectivity index (χ4n) is 3.93. The van der Waals surface area contributed by atoms with Crippen LogP contribution in [-0.2, 0) is 16.0 Å². The number of aryl methyl sites for hydroxylation is 1. The molecule has 4 rings (SSSR count). The number of aliphatic hydroxyl groups is 1. The smallest absolute Gasteiger partial charge is 0.480 e. The van der Waals surface area contributed by atoms with Gasteiger partial charge in [0.25, 0.3) is 5.91 Å². The minimum Gasteiger partial charge on any atom is -0.480 e. The van der Waals surface area contributed by atoms with E-state index in [1.807, 2.05) is 0 Å². The van der Waals surface area contributed by atoms with E-state index >= 15 is 0 Å². The maximum Gasteiger partial charge on any atom is 0.522 e. The molecule has 0 bridgehead atoms. The first-order chi connectivity index (χ1) is 15.6. The number of allylic oxidation sites excluding steroid dienone is 1. The fourth-order valence-corrected chi connectivity index (χ4v) is 4.11. The van der Waals surface area contributed by atoms with Gasteiger partial charge in [0, 0.05) is 28.9 Å². The van der Waals surface area contributed by atoms with Gasteiger partial charge in [0.05, 0.1) is 23.9 Å². The summed E-state index contributed by atoms with van der Waals surface area (Å²) < 4.78 is 48.1. The van der Waals surface area contributed by atoms with E-state index in [0.717, 1.165) is 5.69 Å². The predicted octanol–water partition coefficient (Wildman–Crippen LogP) is 4.22. The first-order valence-corrected chi connectivity index (χ1v) is 10.9. The fraction of sp³-hybridized carbons (Fsp3) is 0.455. The van der Waals surface area contributed by atoms with E-state index in [9.17, 15) is 23.1 Å². The Morgan fingerprint density at radius 1 is 1.33 bits per heavy atom. The minimum absolute atomic E-state index is 0.0945. The molecule has 1 aliphatic heterocycles. The second kappa shape index (κ2) is 9.36. The van der Waals surface area contributed by atoms with Crippen LogP contribution >= 0.6 is 11.6 Å². The van der Waals surface area contributed by atoms with E-state index in [0.29, 0.717) is 34.9 Å². The van der Waals surface area contributed by atoms with Crippen LogP contribution in [-0.4, -0.2) is 39.4 Å². The van der Waals surface area contributed by atoms with E-state index in [4.69, 9.17) is 16.3 Å². The van der Waals surface area contributed by atoms with Gasteiger partial charge in [0.1, 0.15) is 5.75 Å². The molecule has 2 aromatic rings. The average Bonchev–Trinajstić information content (AvgIpc) is 3.17. The highest BCUT2D eigenvalue weighted by Crippen LogP contribution is 2.38. The Balaban J connectivity index is 1.23. The van der Waals surface area contributed by atoms with Gasteiger partial charge in [-0.25, -0.2) is 0 Å². The van der Waals surface area contributed by atoms with Crippen LogP contribution in [0.5, 0.6) is 5.75 Å². The summed E-state index contributed by atoms with van der Waals surface area (Å²) in [6, 6.07) is 6.52. The van der Waals surface area contributed by atoms with Gasteiger partial charge in [0.2, 0.25) is 0 Å². The summed E-state index contributed by atoms with van der Waals surface area (Å²) >= 11 is 5.94. The Kier molecular flexibility index (Phi) is 6.69. The number of rotatable bonds is 7. The van der Waals surface area contributed by atoms with E-state index in [2.05, 4.69) is 21.7 Å². The third-order valence-corrected chi connectivity index (χ3v) is 5.96. The first kappa shape index (κ1) is 23.6. The molecule has 0 unspecified atom stereocenters. The van der Waals surface area contributed by atoms with Crippen molar-refractivity contribution >= 4 is 17.5 Å². The highest BCUT2D eigenvalue weighted by Gasteiger charge is 2.41. The molecule has 33 heavy (non-hydrogen) atoms. The number of hydrogen-bond acceptors (Lipinski definition) is 5. The van der Waals surface area contributed by atoms with Crippen LogP contribution in [0.15, 0.2) is 42.7 Å². The lowest BCUT2D eigenvalue weighted by Crippen LogP contribution is -2.41. The van der Waals surface area contributed by atoms with Crippen molar-refractivity contribution in [2.45, 2.75) is 62.8 Å². The molecule has 2 N–H and O–H groups in total. The molecular formula is C22H23ClF3N3O4. The van der Waals surface area contributed by atoms with Gasteiger partial charge in [0.15, 0.2) is 6.10 Å². The molecule has 11 heteroatoms. The molecule has 178 valence electrons. The lowest BCUT2D eigenvalue weighted by atomic mass is 9.89. The van der Waals surface area contributed by atoms with Gasteiger partial charge in [-0.3, -0.25) is 14.2 Å². The number of carbonyl (C=O) groups excluding carboxylic acids is 1. The normalized spacial score (nSPS) is 24.4. The number of aliphatic hydroxyl groups excluding tert-OH is 1. The number of halogens is 4. The Morgan fingerprint density at radius 3 is 2.82 bits per heavy atom. The number of benzene rings is 1. The lowest BCUT2D eigenvalue weighted by Gasteiger charge is -2.35. The SMILES string of the molecule is C=C(CCc1ccn(C2CC(OC(F)(F)F)C2)n1)NC(=O)[C@H]1C[C@@H](O)c2cc(Cl)ccc2O1. The summed E-state index contributed by atoms with van der Waals surface area (Å²) in [5.74, 6) is 0.00340. The van der Waals surface area contributed by atoms with Crippen LogP contribution in [0.3, 0.4) is 0 Å². The van der Waals surface area contributed by atoms with Gasteiger partial charge in [-0.15, -0.1) is 13.2 Å². The lowest BCUT2D eigenvalue weighted by molar-refractivity contribution is -0.353. The summed E-state index contributed by atoms with van der Waals surface area (Å²) in [5.41, 5.74) is 1.75. The molecule has 1 fully saturated rings. The largest absolute Gasteiger partial charge is 0.522 e. The van der Waals surface area contributed by atoms with Crippen molar-refractivity contribution in [3.63, 3.8) is 0 Å². The average molecular weight is 486 g/mol. The van der Waals surface area contributed by atoms with Crippen molar-refractivity contribution in [1.29, 1.82) is 0 Å². The van der Waals surface area contributed by atoms with Crippen LogP contribution in [0.4, 0.5) is 13.2 Å². The van der Waals surface area contributed by atoms with Crippen LogP contribution < -0.4 is 10.1 Å². The van der Waals surface area contributed by atoms with Crippen LogP contribution in [0.2, 0.25) is 5.02 Å². The third kappa shape index (κ3) is 5.87. The molecule has 1 amide bonds.